The highest BCUT2D eigenvalue weighted by molar-refractivity contribution is 8.00. The molecule has 0 unspecified atom stereocenters. The van der Waals surface area contributed by atoms with Crippen molar-refractivity contribution in [3.8, 4) is 5.69 Å². The van der Waals surface area contributed by atoms with Gasteiger partial charge in [0, 0.05) is 24.4 Å². The van der Waals surface area contributed by atoms with Crippen LogP contribution in [0.25, 0.3) is 5.69 Å². The number of rotatable bonds is 4. The maximum absolute atomic E-state index is 13.1. The zero-order chi connectivity index (χ0) is 19.8. The van der Waals surface area contributed by atoms with E-state index in [1.807, 2.05) is 53.4 Å². The van der Waals surface area contributed by atoms with Crippen molar-refractivity contribution < 1.29 is 4.79 Å². The first-order valence-corrected chi connectivity index (χ1v) is 11.5. The van der Waals surface area contributed by atoms with Gasteiger partial charge in [-0.2, -0.15) is 0 Å². The van der Waals surface area contributed by atoms with Crippen LogP contribution in [0.1, 0.15) is 11.3 Å². The minimum atomic E-state index is -0.0369. The van der Waals surface area contributed by atoms with Gasteiger partial charge in [0.2, 0.25) is 5.91 Å². The second-order valence-electron chi connectivity index (χ2n) is 6.96. The molecule has 5 rings (SSSR count). The van der Waals surface area contributed by atoms with Crippen molar-refractivity contribution >= 4 is 35.1 Å². The predicted octanol–water partition coefficient (Wildman–Crippen LogP) is 3.56. The van der Waals surface area contributed by atoms with E-state index >= 15 is 0 Å². The second-order valence-corrected chi connectivity index (χ2v) is 9.01. The van der Waals surface area contributed by atoms with Gasteiger partial charge in [-0.25, -0.2) is 4.98 Å². The normalized spacial score (nSPS) is 14.7. The van der Waals surface area contributed by atoms with Gasteiger partial charge < -0.3 is 4.90 Å². The fraction of sp³-hybridized carbons (Fsp3) is 0.227. The molecule has 0 radical (unpaired) electrons. The topological polar surface area (TPSA) is 55.2 Å². The van der Waals surface area contributed by atoms with Crippen LogP contribution >= 0.6 is 23.5 Å². The summed E-state index contributed by atoms with van der Waals surface area (Å²) in [5.74, 6) is 1.17. The van der Waals surface area contributed by atoms with Crippen molar-refractivity contribution in [1.82, 2.24) is 9.55 Å². The van der Waals surface area contributed by atoms with Gasteiger partial charge in [-0.15, -0.1) is 11.8 Å². The molecule has 5 nitrogen and oxygen atoms in total. The lowest BCUT2D eigenvalue weighted by Crippen LogP contribution is -2.31. The van der Waals surface area contributed by atoms with Crippen LogP contribution in [0.15, 0.2) is 69.4 Å². The Morgan fingerprint density at radius 3 is 2.72 bits per heavy atom. The smallest absolute Gasteiger partial charge is 0.272 e. The van der Waals surface area contributed by atoms with E-state index < -0.39 is 0 Å². The lowest BCUT2D eigenvalue weighted by atomic mass is 10.2. The van der Waals surface area contributed by atoms with E-state index in [0.29, 0.717) is 11.7 Å². The zero-order valence-corrected chi connectivity index (χ0v) is 17.3. The number of benzene rings is 2. The first-order chi connectivity index (χ1) is 14.2. The van der Waals surface area contributed by atoms with Crippen molar-refractivity contribution in [2.45, 2.75) is 22.9 Å². The fourth-order valence-corrected chi connectivity index (χ4v) is 5.72. The number of fused-ring (bicyclic) bond motifs is 2. The molecular formula is C22H19N3O2S2. The molecule has 146 valence electrons. The van der Waals surface area contributed by atoms with Gasteiger partial charge in [0.25, 0.3) is 5.56 Å². The Kier molecular flexibility index (Phi) is 4.93. The number of carbonyl (C=O) groups excluding carboxylic acids is 1. The van der Waals surface area contributed by atoms with Gasteiger partial charge in [0.15, 0.2) is 5.16 Å². The molecule has 1 aromatic heterocycles. The molecule has 0 N–H and O–H groups in total. The molecule has 0 fully saturated rings. The molecule has 0 bridgehead atoms. The molecule has 2 aliphatic heterocycles. The number of carbonyl (C=O) groups is 1. The minimum absolute atomic E-state index is 0.0369. The van der Waals surface area contributed by atoms with Gasteiger partial charge in [-0.05, 0) is 30.2 Å². The number of para-hydroxylation sites is 2. The molecule has 0 saturated heterocycles. The number of anilines is 1. The van der Waals surface area contributed by atoms with E-state index in [9.17, 15) is 9.59 Å². The summed E-state index contributed by atoms with van der Waals surface area (Å²) in [5, 5.41) is 0.586. The van der Waals surface area contributed by atoms with Crippen LogP contribution in [-0.2, 0) is 17.6 Å². The summed E-state index contributed by atoms with van der Waals surface area (Å²) in [6.07, 6.45) is 1.68. The third-order valence-corrected chi connectivity index (χ3v) is 7.22. The number of nitrogens with zero attached hydrogens (tertiary/aromatic N) is 3. The van der Waals surface area contributed by atoms with E-state index in [4.69, 9.17) is 4.98 Å². The van der Waals surface area contributed by atoms with Crippen molar-refractivity contribution in [1.29, 1.82) is 0 Å². The lowest BCUT2D eigenvalue weighted by Gasteiger charge is -2.18. The molecule has 0 aliphatic carbocycles. The molecule has 0 saturated carbocycles. The van der Waals surface area contributed by atoms with Crippen LogP contribution in [0.3, 0.4) is 0 Å². The van der Waals surface area contributed by atoms with Crippen LogP contribution in [0.5, 0.6) is 0 Å². The molecule has 0 atom stereocenters. The predicted molar refractivity (Wildman–Crippen MR) is 117 cm³/mol. The van der Waals surface area contributed by atoms with Crippen LogP contribution in [0.4, 0.5) is 5.69 Å². The largest absolute Gasteiger partial charge is 0.311 e. The van der Waals surface area contributed by atoms with Gasteiger partial charge in [-0.3, -0.25) is 14.2 Å². The van der Waals surface area contributed by atoms with Gasteiger partial charge in [0.1, 0.15) is 0 Å². The maximum atomic E-state index is 13.1. The average molecular weight is 422 g/mol. The van der Waals surface area contributed by atoms with Crippen LogP contribution < -0.4 is 10.5 Å². The van der Waals surface area contributed by atoms with Crippen LogP contribution in [0, 0.1) is 0 Å². The maximum Gasteiger partial charge on any atom is 0.272 e. The number of aryl methyl sites for hydroxylation is 1. The highest BCUT2D eigenvalue weighted by Crippen LogP contribution is 2.31. The number of hydrogen-bond donors (Lipinski definition) is 0. The Balaban J connectivity index is 1.45. The zero-order valence-electron chi connectivity index (χ0n) is 15.7. The number of hydrogen-bond acceptors (Lipinski definition) is 5. The molecule has 2 aromatic carbocycles. The third kappa shape index (κ3) is 3.38. The standard InChI is InChI=1S/C22H19N3O2S2/c26-19(24-12-10-15-6-4-5-9-18(15)24)14-29-22-23-17-11-13-28-20(17)21(27)25(22)16-7-2-1-3-8-16/h1-9H,10-14H2. The quantitative estimate of drug-likeness (QED) is 0.476. The first kappa shape index (κ1) is 18.5. The summed E-state index contributed by atoms with van der Waals surface area (Å²) >= 11 is 2.91. The molecule has 1 amide bonds. The highest BCUT2D eigenvalue weighted by Gasteiger charge is 2.26. The summed E-state index contributed by atoms with van der Waals surface area (Å²) in [6, 6.07) is 17.6. The summed E-state index contributed by atoms with van der Waals surface area (Å²) < 4.78 is 1.65. The Labute approximate surface area is 177 Å². The lowest BCUT2D eigenvalue weighted by molar-refractivity contribution is -0.116. The van der Waals surface area contributed by atoms with Gasteiger partial charge in [0.05, 0.1) is 22.0 Å². The first-order valence-electron chi connectivity index (χ1n) is 9.57. The van der Waals surface area contributed by atoms with Crippen LogP contribution in [-0.4, -0.2) is 33.5 Å². The van der Waals surface area contributed by atoms with Crippen molar-refractivity contribution in [2.24, 2.45) is 0 Å². The SMILES string of the molecule is O=C(CSc1nc2c(c(=O)n1-c1ccccc1)SCC2)N1CCc2ccccc21. The minimum Gasteiger partial charge on any atom is -0.311 e. The Hall–Kier alpha value is -2.51. The fourth-order valence-electron chi connectivity index (χ4n) is 3.80. The molecule has 0 spiro atoms. The molecular weight excluding hydrogens is 402 g/mol. The third-order valence-electron chi connectivity index (χ3n) is 5.19. The second kappa shape index (κ2) is 7.72. The van der Waals surface area contributed by atoms with E-state index in [0.717, 1.165) is 40.6 Å². The molecule has 2 aliphatic rings. The van der Waals surface area contributed by atoms with Crippen molar-refractivity contribution in [3.05, 3.63) is 76.2 Å². The van der Waals surface area contributed by atoms with E-state index in [1.54, 1.807) is 16.3 Å². The Morgan fingerprint density at radius 2 is 1.86 bits per heavy atom. The highest BCUT2D eigenvalue weighted by atomic mass is 32.2. The molecule has 29 heavy (non-hydrogen) atoms. The van der Waals surface area contributed by atoms with Crippen molar-refractivity contribution in [2.75, 3.05) is 23.0 Å². The molecule has 7 heteroatoms. The summed E-state index contributed by atoms with van der Waals surface area (Å²) in [6.45, 7) is 0.707. The van der Waals surface area contributed by atoms with Crippen molar-refractivity contribution in [3.63, 3.8) is 0 Å². The number of thioether (sulfide) groups is 2. The average Bonchev–Trinajstić information content (AvgIpc) is 3.40. The van der Waals surface area contributed by atoms with Gasteiger partial charge in [-0.1, -0.05) is 48.2 Å². The monoisotopic (exact) mass is 421 g/mol. The summed E-state index contributed by atoms with van der Waals surface area (Å²) in [7, 11) is 0. The Bertz CT molecular complexity index is 1140. The summed E-state index contributed by atoms with van der Waals surface area (Å²) in [4.78, 5) is 33.4. The molecule has 3 heterocycles. The van der Waals surface area contributed by atoms with E-state index in [-0.39, 0.29) is 17.2 Å². The Morgan fingerprint density at radius 1 is 1.07 bits per heavy atom. The van der Waals surface area contributed by atoms with E-state index in [1.165, 1.54) is 17.3 Å². The van der Waals surface area contributed by atoms with E-state index in [2.05, 4.69) is 6.07 Å². The van der Waals surface area contributed by atoms with Gasteiger partial charge >= 0.3 is 0 Å². The van der Waals surface area contributed by atoms with Crippen LogP contribution in [0.2, 0.25) is 0 Å². The number of aromatic nitrogens is 2. The molecule has 3 aromatic rings. The summed E-state index contributed by atoms with van der Waals surface area (Å²) in [5.41, 5.74) is 3.80. The number of amides is 1.